The molecule has 0 unspecified atom stereocenters. The Balaban J connectivity index is 1.75. The number of nitrogens with zero attached hydrogens (tertiary/aromatic N) is 2. The average molecular weight is 428 g/mol. The molecule has 2 aromatic rings. The highest BCUT2D eigenvalue weighted by molar-refractivity contribution is 7.89. The van der Waals surface area contributed by atoms with Crippen molar-refractivity contribution >= 4 is 15.9 Å². The molecule has 3 rings (SSSR count). The molecule has 156 valence electrons. The topological polar surface area (TPSA) is 66.9 Å². The Morgan fingerprint density at radius 1 is 0.966 bits per heavy atom. The van der Waals surface area contributed by atoms with Crippen LogP contribution in [-0.4, -0.2) is 56.3 Å². The van der Waals surface area contributed by atoms with E-state index in [1.807, 2.05) is 0 Å². The molecular weight excluding hydrogens is 409 g/mol. The summed E-state index contributed by atoms with van der Waals surface area (Å²) in [7, 11) is -3.84. The number of rotatable bonds is 5. The number of hydrogen-bond acceptors (Lipinski definition) is 4. The number of carbonyl (C=O) groups excluding carboxylic acids is 1. The van der Waals surface area contributed by atoms with Crippen LogP contribution in [0.1, 0.15) is 16.8 Å². The van der Waals surface area contributed by atoms with E-state index in [0.29, 0.717) is 6.42 Å². The zero-order valence-corrected chi connectivity index (χ0v) is 16.1. The quantitative estimate of drug-likeness (QED) is 0.735. The SMILES string of the molecule is O=C(c1ccccc1OC(F)F)N1CCCN(S(=O)(=O)c2ccc(F)cc2)CC1. The van der Waals surface area contributed by atoms with Gasteiger partial charge in [-0.3, -0.25) is 4.79 Å². The van der Waals surface area contributed by atoms with E-state index in [4.69, 9.17) is 0 Å². The molecule has 1 saturated heterocycles. The van der Waals surface area contributed by atoms with Crippen molar-refractivity contribution in [2.24, 2.45) is 0 Å². The lowest BCUT2D eigenvalue weighted by molar-refractivity contribution is -0.0502. The third-order valence-electron chi connectivity index (χ3n) is 4.53. The van der Waals surface area contributed by atoms with Crippen LogP contribution in [0, 0.1) is 5.82 Å². The Morgan fingerprint density at radius 3 is 2.34 bits per heavy atom. The maximum atomic E-state index is 13.1. The van der Waals surface area contributed by atoms with E-state index in [1.165, 1.54) is 45.6 Å². The fraction of sp³-hybridized carbons (Fsp3) is 0.316. The van der Waals surface area contributed by atoms with Gasteiger partial charge >= 0.3 is 6.61 Å². The van der Waals surface area contributed by atoms with Gasteiger partial charge in [-0.05, 0) is 42.8 Å². The summed E-state index contributed by atoms with van der Waals surface area (Å²) in [6.45, 7) is -2.51. The Kier molecular flexibility index (Phi) is 6.43. The van der Waals surface area contributed by atoms with Crippen LogP contribution in [0.5, 0.6) is 5.75 Å². The van der Waals surface area contributed by atoms with Crippen molar-refractivity contribution in [3.8, 4) is 5.75 Å². The van der Waals surface area contributed by atoms with Crippen molar-refractivity contribution in [3.63, 3.8) is 0 Å². The highest BCUT2D eigenvalue weighted by Gasteiger charge is 2.29. The summed E-state index contributed by atoms with van der Waals surface area (Å²) in [6, 6.07) is 10.2. The maximum absolute atomic E-state index is 13.1. The summed E-state index contributed by atoms with van der Waals surface area (Å²) < 4.78 is 69.5. The molecule has 0 atom stereocenters. The fourth-order valence-corrected chi connectivity index (χ4v) is 4.57. The molecule has 1 aliphatic rings. The molecule has 1 fully saturated rings. The average Bonchev–Trinajstić information content (AvgIpc) is 2.94. The van der Waals surface area contributed by atoms with Crippen LogP contribution in [-0.2, 0) is 10.0 Å². The van der Waals surface area contributed by atoms with E-state index in [9.17, 15) is 26.4 Å². The van der Waals surface area contributed by atoms with E-state index in [-0.39, 0.29) is 42.4 Å². The lowest BCUT2D eigenvalue weighted by Crippen LogP contribution is -2.37. The second-order valence-electron chi connectivity index (χ2n) is 6.38. The molecule has 0 aliphatic carbocycles. The van der Waals surface area contributed by atoms with Crippen molar-refractivity contribution in [1.29, 1.82) is 0 Å². The number of alkyl halides is 2. The van der Waals surface area contributed by atoms with Crippen LogP contribution in [0.4, 0.5) is 13.2 Å². The molecule has 1 heterocycles. The van der Waals surface area contributed by atoms with Gasteiger partial charge < -0.3 is 9.64 Å². The minimum atomic E-state index is -3.84. The molecule has 0 N–H and O–H groups in total. The molecule has 1 aliphatic heterocycles. The third-order valence-corrected chi connectivity index (χ3v) is 6.44. The van der Waals surface area contributed by atoms with Gasteiger partial charge in [0.2, 0.25) is 10.0 Å². The fourth-order valence-electron chi connectivity index (χ4n) is 3.11. The first-order valence-electron chi connectivity index (χ1n) is 8.88. The van der Waals surface area contributed by atoms with Crippen molar-refractivity contribution in [1.82, 2.24) is 9.21 Å². The number of amides is 1. The highest BCUT2D eigenvalue weighted by Crippen LogP contribution is 2.24. The number of halogens is 3. The van der Waals surface area contributed by atoms with Gasteiger partial charge in [0.15, 0.2) is 0 Å². The third kappa shape index (κ3) is 4.88. The van der Waals surface area contributed by atoms with E-state index < -0.39 is 28.4 Å². The lowest BCUT2D eigenvalue weighted by Gasteiger charge is -2.23. The van der Waals surface area contributed by atoms with Crippen LogP contribution < -0.4 is 4.74 Å². The molecule has 2 aromatic carbocycles. The van der Waals surface area contributed by atoms with Crippen LogP contribution in [0.3, 0.4) is 0 Å². The zero-order chi connectivity index (χ0) is 21.0. The first kappa shape index (κ1) is 21.1. The lowest BCUT2D eigenvalue weighted by atomic mass is 10.1. The maximum Gasteiger partial charge on any atom is 0.387 e. The number of ether oxygens (including phenoxy) is 1. The first-order valence-corrected chi connectivity index (χ1v) is 10.3. The molecule has 0 saturated carbocycles. The second-order valence-corrected chi connectivity index (χ2v) is 8.32. The van der Waals surface area contributed by atoms with E-state index in [1.54, 1.807) is 0 Å². The van der Waals surface area contributed by atoms with Gasteiger partial charge in [-0.1, -0.05) is 12.1 Å². The normalized spacial score (nSPS) is 15.9. The molecule has 10 heteroatoms. The summed E-state index contributed by atoms with van der Waals surface area (Å²) in [5.41, 5.74) is -0.0114. The molecule has 0 spiro atoms. The van der Waals surface area contributed by atoms with Crippen molar-refractivity contribution in [3.05, 3.63) is 59.9 Å². The Bertz CT molecular complexity index is 968. The van der Waals surface area contributed by atoms with Crippen molar-refractivity contribution in [2.45, 2.75) is 17.9 Å². The van der Waals surface area contributed by atoms with E-state index >= 15 is 0 Å². The van der Waals surface area contributed by atoms with Gasteiger partial charge in [0.25, 0.3) is 5.91 Å². The Morgan fingerprint density at radius 2 is 1.66 bits per heavy atom. The minimum Gasteiger partial charge on any atom is -0.434 e. The Labute approximate surface area is 166 Å². The zero-order valence-electron chi connectivity index (χ0n) is 15.3. The van der Waals surface area contributed by atoms with Gasteiger partial charge in [0, 0.05) is 26.2 Å². The number of hydrogen-bond donors (Lipinski definition) is 0. The number of benzene rings is 2. The second kappa shape index (κ2) is 8.83. The van der Waals surface area contributed by atoms with Crippen LogP contribution in [0.25, 0.3) is 0 Å². The molecule has 29 heavy (non-hydrogen) atoms. The Hall–Kier alpha value is -2.59. The highest BCUT2D eigenvalue weighted by atomic mass is 32.2. The van der Waals surface area contributed by atoms with Gasteiger partial charge in [-0.2, -0.15) is 13.1 Å². The first-order chi connectivity index (χ1) is 13.8. The smallest absolute Gasteiger partial charge is 0.387 e. The summed E-state index contributed by atoms with van der Waals surface area (Å²) >= 11 is 0. The predicted octanol–water partition coefficient (Wildman–Crippen LogP) is 2.96. The van der Waals surface area contributed by atoms with Crippen molar-refractivity contribution < 1.29 is 31.1 Å². The van der Waals surface area contributed by atoms with Gasteiger partial charge in [-0.25, -0.2) is 12.8 Å². The molecule has 1 amide bonds. The van der Waals surface area contributed by atoms with E-state index in [2.05, 4.69) is 4.74 Å². The van der Waals surface area contributed by atoms with E-state index in [0.717, 1.165) is 12.1 Å². The molecule has 0 radical (unpaired) electrons. The molecular formula is C19H19F3N2O4S. The number of sulfonamides is 1. The van der Waals surface area contributed by atoms with Crippen molar-refractivity contribution in [2.75, 3.05) is 26.2 Å². The molecule has 0 bridgehead atoms. The summed E-state index contributed by atoms with van der Waals surface area (Å²) in [4.78, 5) is 14.2. The largest absolute Gasteiger partial charge is 0.434 e. The number of carbonyl (C=O) groups is 1. The number of para-hydroxylation sites is 1. The molecule has 0 aromatic heterocycles. The minimum absolute atomic E-state index is 0.0114. The summed E-state index contributed by atoms with van der Waals surface area (Å²) in [6.07, 6.45) is 0.365. The predicted molar refractivity (Wildman–Crippen MR) is 98.8 cm³/mol. The van der Waals surface area contributed by atoms with Gasteiger partial charge in [0.05, 0.1) is 10.5 Å². The van der Waals surface area contributed by atoms with Crippen LogP contribution >= 0.6 is 0 Å². The summed E-state index contributed by atoms with van der Waals surface area (Å²) in [5, 5.41) is 0. The van der Waals surface area contributed by atoms with Crippen LogP contribution in [0.2, 0.25) is 0 Å². The van der Waals surface area contributed by atoms with Gasteiger partial charge in [-0.15, -0.1) is 0 Å². The molecule has 6 nitrogen and oxygen atoms in total. The van der Waals surface area contributed by atoms with Crippen LogP contribution in [0.15, 0.2) is 53.4 Å². The monoisotopic (exact) mass is 428 g/mol. The standard InChI is InChI=1S/C19H19F3N2O4S/c20-14-6-8-15(9-7-14)29(26,27)24-11-3-10-23(12-13-24)18(25)16-4-1-2-5-17(16)28-19(21)22/h1-2,4-9,19H,3,10-13H2. The summed E-state index contributed by atoms with van der Waals surface area (Å²) in [5.74, 6) is -1.28. The van der Waals surface area contributed by atoms with Gasteiger partial charge in [0.1, 0.15) is 11.6 Å².